The van der Waals surface area contributed by atoms with E-state index in [9.17, 15) is 8.78 Å². The molecule has 0 heterocycles. The molecule has 15 heavy (non-hydrogen) atoms. The number of hydrogen-bond acceptors (Lipinski definition) is 1. The summed E-state index contributed by atoms with van der Waals surface area (Å²) in [4.78, 5) is 0. The lowest BCUT2D eigenvalue weighted by molar-refractivity contribution is 0.102. The molecule has 0 aromatic heterocycles. The molecular weight excluding hydrogens is 243 g/mol. The third-order valence-electron chi connectivity index (χ3n) is 2.11. The zero-order valence-corrected chi connectivity index (χ0v) is 9.62. The maximum Gasteiger partial charge on any atom is 0.254 e. The van der Waals surface area contributed by atoms with Crippen LogP contribution in [0.3, 0.4) is 0 Å². The molecule has 0 amide bonds. The predicted octanol–water partition coefficient (Wildman–Crippen LogP) is 3.39. The van der Waals surface area contributed by atoms with Crippen molar-refractivity contribution in [2.24, 2.45) is 0 Å². The first-order valence-electron chi connectivity index (χ1n) is 4.44. The summed E-state index contributed by atoms with van der Waals surface area (Å²) in [6.07, 6.45) is -2.17. The van der Waals surface area contributed by atoms with E-state index in [-0.39, 0.29) is 6.42 Å². The number of likely N-dealkylation sites (N-methyl/N-ethyl adjacent to an activating group) is 1. The summed E-state index contributed by atoms with van der Waals surface area (Å²) >= 11 is 11.5. The van der Waals surface area contributed by atoms with Crippen molar-refractivity contribution in [1.82, 2.24) is 5.32 Å². The van der Waals surface area contributed by atoms with E-state index in [4.69, 9.17) is 23.2 Å². The normalized spacial score (nSPS) is 13.2. The minimum atomic E-state index is -2.40. The van der Waals surface area contributed by atoms with Crippen molar-refractivity contribution >= 4 is 23.2 Å². The Balaban J connectivity index is 2.75. The van der Waals surface area contributed by atoms with Crippen molar-refractivity contribution in [2.45, 2.75) is 18.9 Å². The molecule has 0 saturated carbocycles. The van der Waals surface area contributed by atoms with Crippen LogP contribution in [0.25, 0.3) is 0 Å². The molecule has 84 valence electrons. The summed E-state index contributed by atoms with van der Waals surface area (Å²) in [7, 11) is 1.51. The molecule has 0 bridgehead atoms. The van der Waals surface area contributed by atoms with Crippen LogP contribution in [-0.4, -0.2) is 19.5 Å². The molecule has 0 aliphatic carbocycles. The Kier molecular flexibility index (Phi) is 4.77. The number of benzene rings is 1. The quantitative estimate of drug-likeness (QED) is 0.868. The summed E-state index contributed by atoms with van der Waals surface area (Å²) in [6, 6.07) is 4.05. The van der Waals surface area contributed by atoms with Crippen LogP contribution in [0.4, 0.5) is 8.78 Å². The lowest BCUT2D eigenvalue weighted by Gasteiger charge is -2.15. The molecule has 0 fully saturated rings. The average molecular weight is 254 g/mol. The molecule has 1 atom stereocenters. The van der Waals surface area contributed by atoms with Gasteiger partial charge in [-0.25, -0.2) is 8.78 Å². The Morgan fingerprint density at radius 1 is 1.27 bits per heavy atom. The Labute approximate surface area is 97.4 Å². The molecule has 0 saturated heterocycles. The maximum absolute atomic E-state index is 12.4. The summed E-state index contributed by atoms with van der Waals surface area (Å²) < 4.78 is 24.9. The van der Waals surface area contributed by atoms with Gasteiger partial charge in [-0.15, -0.1) is 0 Å². The first-order valence-corrected chi connectivity index (χ1v) is 5.19. The minimum Gasteiger partial charge on any atom is -0.312 e. The van der Waals surface area contributed by atoms with E-state index in [1.165, 1.54) is 7.05 Å². The van der Waals surface area contributed by atoms with Crippen LogP contribution in [0.1, 0.15) is 5.56 Å². The van der Waals surface area contributed by atoms with E-state index in [1.807, 2.05) is 0 Å². The molecule has 0 aliphatic rings. The summed E-state index contributed by atoms with van der Waals surface area (Å²) in [5, 5.41) is 3.37. The molecule has 1 unspecified atom stereocenters. The highest BCUT2D eigenvalue weighted by atomic mass is 35.5. The van der Waals surface area contributed by atoms with Crippen molar-refractivity contribution in [3.63, 3.8) is 0 Å². The van der Waals surface area contributed by atoms with Gasteiger partial charge in [0.25, 0.3) is 6.43 Å². The largest absolute Gasteiger partial charge is 0.312 e. The molecule has 1 aromatic carbocycles. The van der Waals surface area contributed by atoms with Gasteiger partial charge in [0.2, 0.25) is 0 Å². The first-order chi connectivity index (χ1) is 7.04. The van der Waals surface area contributed by atoms with Gasteiger partial charge in [0, 0.05) is 0 Å². The van der Waals surface area contributed by atoms with E-state index in [2.05, 4.69) is 5.32 Å². The maximum atomic E-state index is 12.4. The monoisotopic (exact) mass is 253 g/mol. The highest BCUT2D eigenvalue weighted by molar-refractivity contribution is 6.42. The van der Waals surface area contributed by atoms with Crippen molar-refractivity contribution in [1.29, 1.82) is 0 Å². The van der Waals surface area contributed by atoms with Gasteiger partial charge in [-0.05, 0) is 31.2 Å². The predicted molar refractivity (Wildman–Crippen MR) is 59.0 cm³/mol. The summed E-state index contributed by atoms with van der Waals surface area (Å²) in [5.74, 6) is 0. The number of nitrogens with one attached hydrogen (secondary N) is 1. The molecule has 1 rings (SSSR count). The molecule has 1 aromatic rings. The fourth-order valence-corrected chi connectivity index (χ4v) is 1.56. The molecule has 1 N–H and O–H groups in total. The van der Waals surface area contributed by atoms with Crippen LogP contribution in [0.15, 0.2) is 18.2 Å². The molecular formula is C10H11Cl2F2N. The van der Waals surface area contributed by atoms with Crippen LogP contribution in [-0.2, 0) is 6.42 Å². The lowest BCUT2D eigenvalue weighted by atomic mass is 10.1. The number of rotatable bonds is 4. The molecule has 0 radical (unpaired) electrons. The Bertz CT molecular complexity index is 331. The number of halogens is 4. The van der Waals surface area contributed by atoms with Crippen molar-refractivity contribution in [2.75, 3.05) is 7.05 Å². The highest BCUT2D eigenvalue weighted by Gasteiger charge is 2.18. The molecule has 0 spiro atoms. The first kappa shape index (κ1) is 12.7. The topological polar surface area (TPSA) is 12.0 Å². The number of alkyl halides is 2. The van der Waals surface area contributed by atoms with Crippen LogP contribution < -0.4 is 5.32 Å². The smallest absolute Gasteiger partial charge is 0.254 e. The van der Waals surface area contributed by atoms with Gasteiger partial charge in [0.15, 0.2) is 0 Å². The SMILES string of the molecule is CNC(Cc1ccc(Cl)c(Cl)c1)C(F)F. The fourth-order valence-electron chi connectivity index (χ4n) is 1.24. The van der Waals surface area contributed by atoms with Gasteiger partial charge >= 0.3 is 0 Å². The second kappa shape index (κ2) is 5.64. The highest BCUT2D eigenvalue weighted by Crippen LogP contribution is 2.23. The van der Waals surface area contributed by atoms with Gasteiger partial charge in [-0.1, -0.05) is 29.3 Å². The Morgan fingerprint density at radius 2 is 1.93 bits per heavy atom. The Hall–Kier alpha value is -0.380. The fraction of sp³-hybridized carbons (Fsp3) is 0.400. The average Bonchev–Trinajstić information content (AvgIpc) is 2.19. The van der Waals surface area contributed by atoms with Crippen LogP contribution in [0.5, 0.6) is 0 Å². The van der Waals surface area contributed by atoms with Crippen LogP contribution in [0, 0.1) is 0 Å². The van der Waals surface area contributed by atoms with Crippen LogP contribution >= 0.6 is 23.2 Å². The second-order valence-electron chi connectivity index (χ2n) is 3.18. The zero-order chi connectivity index (χ0) is 11.4. The molecule has 1 nitrogen and oxygen atoms in total. The van der Waals surface area contributed by atoms with Crippen molar-refractivity contribution in [3.8, 4) is 0 Å². The summed E-state index contributed by atoms with van der Waals surface area (Å²) in [6.45, 7) is 0. The van der Waals surface area contributed by atoms with Gasteiger partial charge < -0.3 is 5.32 Å². The van der Waals surface area contributed by atoms with Gasteiger partial charge in [-0.3, -0.25) is 0 Å². The van der Waals surface area contributed by atoms with Gasteiger partial charge in [-0.2, -0.15) is 0 Å². The van der Waals surface area contributed by atoms with E-state index in [1.54, 1.807) is 18.2 Å². The zero-order valence-electron chi connectivity index (χ0n) is 8.11. The third kappa shape index (κ3) is 3.59. The summed E-state index contributed by atoms with van der Waals surface area (Å²) in [5.41, 5.74) is 0.740. The molecule has 5 heteroatoms. The van der Waals surface area contributed by atoms with E-state index >= 15 is 0 Å². The van der Waals surface area contributed by atoms with Crippen molar-refractivity contribution in [3.05, 3.63) is 33.8 Å². The molecule has 0 aliphatic heterocycles. The van der Waals surface area contributed by atoms with Crippen LogP contribution in [0.2, 0.25) is 10.0 Å². The number of hydrogen-bond donors (Lipinski definition) is 1. The second-order valence-corrected chi connectivity index (χ2v) is 4.00. The van der Waals surface area contributed by atoms with Gasteiger partial charge in [0.1, 0.15) is 0 Å². The standard InChI is InChI=1S/C10H11Cl2F2N/c1-15-9(10(13)14)5-6-2-3-7(11)8(12)4-6/h2-4,9-10,15H,5H2,1H3. The minimum absolute atomic E-state index is 0.227. The lowest BCUT2D eigenvalue weighted by Crippen LogP contribution is -2.34. The van der Waals surface area contributed by atoms with Gasteiger partial charge in [0.05, 0.1) is 16.1 Å². The van der Waals surface area contributed by atoms with E-state index in [0.29, 0.717) is 10.0 Å². The van der Waals surface area contributed by atoms with E-state index in [0.717, 1.165) is 5.56 Å². The third-order valence-corrected chi connectivity index (χ3v) is 2.85. The van der Waals surface area contributed by atoms with E-state index < -0.39 is 12.5 Å². The van der Waals surface area contributed by atoms with Crippen molar-refractivity contribution < 1.29 is 8.78 Å². The Morgan fingerprint density at radius 3 is 2.40 bits per heavy atom.